The van der Waals surface area contributed by atoms with Crippen LogP contribution in [0.25, 0.3) is 6.08 Å². The van der Waals surface area contributed by atoms with E-state index in [2.05, 4.69) is 27.9 Å². The Balaban J connectivity index is 1.60. The highest BCUT2D eigenvalue weighted by atomic mass is 127. The van der Waals surface area contributed by atoms with Crippen LogP contribution in [0.1, 0.15) is 22.3 Å². The number of benzene rings is 3. The van der Waals surface area contributed by atoms with Crippen LogP contribution in [0.3, 0.4) is 0 Å². The predicted octanol–water partition coefficient (Wildman–Crippen LogP) is 5.33. The molecule has 6 nitrogen and oxygen atoms in total. The number of methoxy groups -OCH3 is 1. The van der Waals surface area contributed by atoms with E-state index in [1.807, 2.05) is 56.3 Å². The van der Waals surface area contributed by atoms with Crippen molar-refractivity contribution < 1.29 is 19.1 Å². The number of hydrogen-bond donors (Lipinski definition) is 1. The largest absolute Gasteiger partial charge is 0.493 e. The Kier molecular flexibility index (Phi) is 7.51. The first kappa shape index (κ1) is 24.9. The fourth-order valence-corrected chi connectivity index (χ4v) is 4.41. The molecular weight excluding hydrogens is 575 g/mol. The summed E-state index contributed by atoms with van der Waals surface area (Å²) in [7, 11) is 1.54. The van der Waals surface area contributed by atoms with Crippen molar-refractivity contribution in [3.05, 3.63) is 92.1 Å². The molecule has 1 aliphatic heterocycles. The van der Waals surface area contributed by atoms with Gasteiger partial charge in [0.2, 0.25) is 0 Å². The quantitative estimate of drug-likeness (QED) is 0.180. The molecule has 3 aromatic rings. The Morgan fingerprint density at radius 3 is 2.31 bits per heavy atom. The number of aryl methyl sites for hydroxylation is 2. The average Bonchev–Trinajstić information content (AvgIpc) is 2.81. The molecule has 1 aliphatic rings. The number of halogens is 1. The van der Waals surface area contributed by atoms with Gasteiger partial charge >= 0.3 is 0 Å². The molecule has 0 atom stereocenters. The molecule has 0 aromatic heterocycles. The Morgan fingerprint density at radius 2 is 1.66 bits per heavy atom. The van der Waals surface area contributed by atoms with Gasteiger partial charge in [-0.15, -0.1) is 0 Å². The van der Waals surface area contributed by atoms with Gasteiger partial charge in [-0.05, 0) is 113 Å². The van der Waals surface area contributed by atoms with E-state index in [0.29, 0.717) is 29.4 Å². The van der Waals surface area contributed by atoms with Gasteiger partial charge in [0.25, 0.3) is 11.8 Å². The van der Waals surface area contributed by atoms with Crippen LogP contribution in [-0.2, 0) is 16.2 Å². The molecule has 35 heavy (non-hydrogen) atoms. The summed E-state index contributed by atoms with van der Waals surface area (Å²) in [5, 5.41) is 2.68. The lowest BCUT2D eigenvalue weighted by atomic mass is 10.1. The van der Waals surface area contributed by atoms with Crippen molar-refractivity contribution in [3.63, 3.8) is 0 Å². The molecule has 1 saturated heterocycles. The van der Waals surface area contributed by atoms with Crippen molar-refractivity contribution in [2.24, 2.45) is 0 Å². The van der Waals surface area contributed by atoms with Crippen LogP contribution in [0.15, 0.2) is 66.2 Å². The zero-order valence-electron chi connectivity index (χ0n) is 19.4. The van der Waals surface area contributed by atoms with Gasteiger partial charge in [-0.25, -0.2) is 0 Å². The van der Waals surface area contributed by atoms with Gasteiger partial charge in [-0.3, -0.25) is 19.8 Å². The molecule has 4 rings (SSSR count). The molecule has 1 heterocycles. The van der Waals surface area contributed by atoms with E-state index in [-0.39, 0.29) is 10.7 Å². The lowest BCUT2D eigenvalue weighted by molar-refractivity contribution is -0.122. The molecule has 178 valence electrons. The second-order valence-electron chi connectivity index (χ2n) is 8.13. The molecule has 0 radical (unpaired) electrons. The van der Waals surface area contributed by atoms with Crippen molar-refractivity contribution in [2.45, 2.75) is 20.5 Å². The number of thiocarbonyl (C=S) groups is 1. The van der Waals surface area contributed by atoms with Crippen LogP contribution in [0.4, 0.5) is 5.69 Å². The highest BCUT2D eigenvalue weighted by molar-refractivity contribution is 14.1. The molecule has 0 bridgehead atoms. The molecule has 1 fully saturated rings. The lowest BCUT2D eigenvalue weighted by Gasteiger charge is -2.29. The molecule has 0 aliphatic carbocycles. The summed E-state index contributed by atoms with van der Waals surface area (Å²) in [5.41, 5.74) is 4.22. The number of amides is 2. The molecule has 0 unspecified atom stereocenters. The van der Waals surface area contributed by atoms with E-state index in [0.717, 1.165) is 20.3 Å². The van der Waals surface area contributed by atoms with Crippen LogP contribution in [0, 0.1) is 17.4 Å². The maximum absolute atomic E-state index is 13.3. The highest BCUT2D eigenvalue weighted by Gasteiger charge is 2.34. The van der Waals surface area contributed by atoms with Crippen molar-refractivity contribution in [3.8, 4) is 11.5 Å². The second kappa shape index (κ2) is 10.6. The summed E-state index contributed by atoms with van der Waals surface area (Å²) in [4.78, 5) is 27.3. The first-order valence-electron chi connectivity index (χ1n) is 10.8. The zero-order valence-corrected chi connectivity index (χ0v) is 22.4. The summed E-state index contributed by atoms with van der Waals surface area (Å²) < 4.78 is 12.6. The minimum Gasteiger partial charge on any atom is -0.493 e. The topological polar surface area (TPSA) is 67.9 Å². The van der Waals surface area contributed by atoms with E-state index in [9.17, 15) is 9.59 Å². The Hall–Kier alpha value is -3.24. The first-order chi connectivity index (χ1) is 16.7. The van der Waals surface area contributed by atoms with Gasteiger partial charge in [0.15, 0.2) is 16.6 Å². The fourth-order valence-electron chi connectivity index (χ4n) is 3.77. The number of carbonyl (C=O) groups is 2. The van der Waals surface area contributed by atoms with Crippen LogP contribution >= 0.6 is 34.8 Å². The van der Waals surface area contributed by atoms with Gasteiger partial charge in [0.05, 0.1) is 12.8 Å². The zero-order chi connectivity index (χ0) is 25.1. The number of nitrogens with zero attached hydrogens (tertiary/aromatic N) is 1. The van der Waals surface area contributed by atoms with Crippen LogP contribution in [-0.4, -0.2) is 24.0 Å². The minimum absolute atomic E-state index is 0.0210. The number of ether oxygens (including phenoxy) is 2. The third kappa shape index (κ3) is 5.71. The van der Waals surface area contributed by atoms with E-state index in [1.165, 1.54) is 11.0 Å². The SMILES string of the molecule is COc1cc(/C=C2\C(=O)NC(=S)N(c3cc(C)cc(C)c3)C2=O)ccc1OCc1ccc(I)cc1. The normalized spacial score (nSPS) is 14.8. The molecule has 0 spiro atoms. The van der Waals surface area contributed by atoms with Crippen molar-refractivity contribution in [1.82, 2.24) is 5.32 Å². The summed E-state index contributed by atoms with van der Waals surface area (Å²) in [6.07, 6.45) is 1.53. The number of nitrogens with one attached hydrogen (secondary N) is 1. The third-order valence-corrected chi connectivity index (χ3v) is 6.38. The minimum atomic E-state index is -0.543. The van der Waals surface area contributed by atoms with Crippen LogP contribution in [0.2, 0.25) is 0 Å². The molecule has 8 heteroatoms. The fraction of sp³-hybridized carbons (Fsp3) is 0.148. The highest BCUT2D eigenvalue weighted by Crippen LogP contribution is 2.31. The number of carbonyl (C=O) groups excluding carboxylic acids is 2. The van der Waals surface area contributed by atoms with E-state index >= 15 is 0 Å². The van der Waals surface area contributed by atoms with Crippen LogP contribution in [0.5, 0.6) is 11.5 Å². The van der Waals surface area contributed by atoms with Crippen molar-refractivity contribution in [1.29, 1.82) is 0 Å². The molecular formula is C27H23IN2O4S. The van der Waals surface area contributed by atoms with Gasteiger partial charge < -0.3 is 9.47 Å². The van der Waals surface area contributed by atoms with E-state index in [1.54, 1.807) is 25.3 Å². The van der Waals surface area contributed by atoms with Crippen LogP contribution < -0.4 is 19.7 Å². The number of rotatable bonds is 6. The van der Waals surface area contributed by atoms with Gasteiger partial charge in [-0.2, -0.15) is 0 Å². The molecule has 3 aromatic carbocycles. The van der Waals surface area contributed by atoms with Crippen molar-refractivity contribution in [2.75, 3.05) is 12.0 Å². The summed E-state index contributed by atoms with van der Waals surface area (Å²) >= 11 is 7.57. The molecule has 0 saturated carbocycles. The van der Waals surface area contributed by atoms with E-state index in [4.69, 9.17) is 21.7 Å². The molecule has 2 amide bonds. The average molecular weight is 598 g/mol. The Labute approximate surface area is 223 Å². The summed E-state index contributed by atoms with van der Waals surface area (Å²) in [5.74, 6) is 0.0289. The Bertz CT molecular complexity index is 1330. The maximum Gasteiger partial charge on any atom is 0.270 e. The standard InChI is InChI=1S/C27H23IN2O4S/c1-16-10-17(2)12-21(11-16)30-26(32)22(25(31)29-27(30)35)13-19-6-9-23(24(14-19)33-3)34-15-18-4-7-20(28)8-5-18/h4-14H,15H2,1-3H3,(H,29,31,35)/b22-13+. The summed E-state index contributed by atoms with van der Waals surface area (Å²) in [6, 6.07) is 19.0. The lowest BCUT2D eigenvalue weighted by Crippen LogP contribution is -2.54. The van der Waals surface area contributed by atoms with E-state index < -0.39 is 11.8 Å². The Morgan fingerprint density at radius 1 is 0.971 bits per heavy atom. The predicted molar refractivity (Wildman–Crippen MR) is 149 cm³/mol. The smallest absolute Gasteiger partial charge is 0.270 e. The maximum atomic E-state index is 13.3. The first-order valence-corrected chi connectivity index (χ1v) is 12.3. The van der Waals surface area contributed by atoms with Gasteiger partial charge in [0.1, 0.15) is 12.2 Å². The van der Waals surface area contributed by atoms with Gasteiger partial charge in [0, 0.05) is 3.57 Å². The monoisotopic (exact) mass is 598 g/mol. The van der Waals surface area contributed by atoms with Crippen molar-refractivity contribution >= 4 is 63.5 Å². The number of anilines is 1. The third-order valence-electron chi connectivity index (χ3n) is 5.37. The summed E-state index contributed by atoms with van der Waals surface area (Å²) in [6.45, 7) is 4.27. The second-order valence-corrected chi connectivity index (χ2v) is 9.76. The molecule has 1 N–H and O–H groups in total. The number of hydrogen-bond acceptors (Lipinski definition) is 5. The van der Waals surface area contributed by atoms with Gasteiger partial charge in [-0.1, -0.05) is 24.3 Å².